The maximum Gasteiger partial charge on any atom is 0.410 e. The zero-order chi connectivity index (χ0) is 14.8. The van der Waals surface area contributed by atoms with Crippen LogP contribution in [0, 0.1) is 5.82 Å². The Kier molecular flexibility index (Phi) is 4.23. The number of halogens is 1. The Morgan fingerprint density at radius 2 is 2.30 bits per heavy atom. The molecule has 5 nitrogen and oxygen atoms in total. The van der Waals surface area contributed by atoms with Crippen molar-refractivity contribution in [1.82, 2.24) is 15.2 Å². The highest BCUT2D eigenvalue weighted by Crippen LogP contribution is 2.23. The fourth-order valence-corrected chi connectivity index (χ4v) is 2.11. The standard InChI is InChI=1S/C14H20FN3O2/c1-14(2,3)20-13(19)18-7-6-16-9-12(18)11-8-10(15)4-5-17-11/h4-5,8,12,16H,6-7,9H2,1-3H3. The highest BCUT2D eigenvalue weighted by Gasteiger charge is 2.32. The molecule has 110 valence electrons. The summed E-state index contributed by atoms with van der Waals surface area (Å²) in [4.78, 5) is 18.0. The molecular weight excluding hydrogens is 261 g/mol. The second kappa shape index (κ2) is 5.75. The minimum atomic E-state index is -0.554. The third-order valence-electron chi connectivity index (χ3n) is 2.96. The predicted octanol–water partition coefficient (Wildman–Crippen LogP) is 2.10. The predicted molar refractivity (Wildman–Crippen MR) is 72.7 cm³/mol. The largest absolute Gasteiger partial charge is 0.444 e. The molecule has 1 aliphatic rings. The van der Waals surface area contributed by atoms with Gasteiger partial charge < -0.3 is 10.1 Å². The van der Waals surface area contributed by atoms with Gasteiger partial charge in [-0.05, 0) is 32.9 Å². The Balaban J connectivity index is 2.19. The third-order valence-corrected chi connectivity index (χ3v) is 2.96. The lowest BCUT2D eigenvalue weighted by atomic mass is 10.1. The molecule has 1 fully saturated rings. The first-order valence-corrected chi connectivity index (χ1v) is 6.68. The topological polar surface area (TPSA) is 54.5 Å². The van der Waals surface area contributed by atoms with E-state index in [4.69, 9.17) is 4.74 Å². The average Bonchev–Trinajstić information content (AvgIpc) is 2.37. The molecule has 0 saturated carbocycles. The van der Waals surface area contributed by atoms with Crippen molar-refractivity contribution in [3.05, 3.63) is 29.8 Å². The van der Waals surface area contributed by atoms with Gasteiger partial charge in [0.2, 0.25) is 0 Å². The van der Waals surface area contributed by atoms with Gasteiger partial charge in [-0.15, -0.1) is 0 Å². The van der Waals surface area contributed by atoms with E-state index in [0.29, 0.717) is 25.3 Å². The minimum absolute atomic E-state index is 0.311. The molecule has 1 atom stereocenters. The van der Waals surface area contributed by atoms with Gasteiger partial charge in [-0.3, -0.25) is 9.88 Å². The minimum Gasteiger partial charge on any atom is -0.444 e. The van der Waals surface area contributed by atoms with Crippen molar-refractivity contribution >= 4 is 6.09 Å². The Hall–Kier alpha value is -1.69. The van der Waals surface area contributed by atoms with Crippen LogP contribution in [0.15, 0.2) is 18.3 Å². The first-order chi connectivity index (χ1) is 9.37. The summed E-state index contributed by atoms with van der Waals surface area (Å²) < 4.78 is 18.7. The van der Waals surface area contributed by atoms with Crippen LogP contribution in [-0.2, 0) is 4.74 Å². The van der Waals surface area contributed by atoms with Crippen LogP contribution in [0.5, 0.6) is 0 Å². The van der Waals surface area contributed by atoms with Crippen molar-refractivity contribution in [2.45, 2.75) is 32.4 Å². The lowest BCUT2D eigenvalue weighted by molar-refractivity contribution is 0.0113. The molecular formula is C14H20FN3O2. The van der Waals surface area contributed by atoms with Crippen LogP contribution in [0.25, 0.3) is 0 Å². The van der Waals surface area contributed by atoms with Gasteiger partial charge in [-0.2, -0.15) is 0 Å². The first-order valence-electron chi connectivity index (χ1n) is 6.68. The van der Waals surface area contributed by atoms with Gasteiger partial charge in [0.05, 0.1) is 11.7 Å². The van der Waals surface area contributed by atoms with E-state index >= 15 is 0 Å². The van der Waals surface area contributed by atoms with Crippen molar-refractivity contribution in [3.63, 3.8) is 0 Å². The Morgan fingerprint density at radius 3 is 2.95 bits per heavy atom. The van der Waals surface area contributed by atoms with Crippen molar-refractivity contribution in [1.29, 1.82) is 0 Å². The summed E-state index contributed by atoms with van der Waals surface area (Å²) in [6, 6.07) is 2.33. The van der Waals surface area contributed by atoms with Gasteiger partial charge >= 0.3 is 6.09 Å². The molecule has 0 spiro atoms. The summed E-state index contributed by atoms with van der Waals surface area (Å²) in [5, 5.41) is 3.19. The Labute approximate surface area is 118 Å². The number of hydrogen-bond acceptors (Lipinski definition) is 4. The maximum absolute atomic E-state index is 13.3. The van der Waals surface area contributed by atoms with E-state index in [1.165, 1.54) is 18.3 Å². The van der Waals surface area contributed by atoms with Crippen LogP contribution in [0.1, 0.15) is 32.5 Å². The van der Waals surface area contributed by atoms with Crippen LogP contribution < -0.4 is 5.32 Å². The number of amides is 1. The van der Waals surface area contributed by atoms with Gasteiger partial charge in [0, 0.05) is 25.8 Å². The number of ether oxygens (including phenoxy) is 1. The number of piperazine rings is 1. The fraction of sp³-hybridized carbons (Fsp3) is 0.571. The summed E-state index contributed by atoms with van der Waals surface area (Å²) in [7, 11) is 0. The van der Waals surface area contributed by atoms with Gasteiger partial charge in [0.15, 0.2) is 0 Å². The van der Waals surface area contributed by atoms with Crippen molar-refractivity contribution in [2.75, 3.05) is 19.6 Å². The van der Waals surface area contributed by atoms with Crippen LogP contribution in [0.3, 0.4) is 0 Å². The molecule has 2 heterocycles. The molecule has 1 unspecified atom stereocenters. The highest BCUT2D eigenvalue weighted by molar-refractivity contribution is 5.69. The molecule has 1 aliphatic heterocycles. The Bertz CT molecular complexity index is 488. The van der Waals surface area contributed by atoms with Crippen LogP contribution in [0.4, 0.5) is 9.18 Å². The molecule has 1 aromatic heterocycles. The monoisotopic (exact) mass is 281 g/mol. The van der Waals surface area contributed by atoms with E-state index in [9.17, 15) is 9.18 Å². The lowest BCUT2D eigenvalue weighted by Crippen LogP contribution is -2.50. The van der Waals surface area contributed by atoms with E-state index in [1.54, 1.807) is 4.90 Å². The fourth-order valence-electron chi connectivity index (χ4n) is 2.11. The number of nitrogens with zero attached hydrogens (tertiary/aromatic N) is 2. The average molecular weight is 281 g/mol. The molecule has 6 heteroatoms. The third kappa shape index (κ3) is 3.66. The van der Waals surface area contributed by atoms with E-state index in [1.807, 2.05) is 20.8 Å². The summed E-state index contributed by atoms with van der Waals surface area (Å²) in [6.07, 6.45) is 1.02. The van der Waals surface area contributed by atoms with Crippen molar-refractivity contribution in [3.8, 4) is 0 Å². The summed E-state index contributed by atoms with van der Waals surface area (Å²) >= 11 is 0. The van der Waals surface area contributed by atoms with E-state index in [0.717, 1.165) is 0 Å². The highest BCUT2D eigenvalue weighted by atomic mass is 19.1. The second-order valence-electron chi connectivity index (χ2n) is 5.79. The van der Waals surface area contributed by atoms with Crippen LogP contribution >= 0.6 is 0 Å². The number of carbonyl (C=O) groups excluding carboxylic acids is 1. The zero-order valence-corrected chi connectivity index (χ0v) is 12.0. The number of rotatable bonds is 1. The lowest BCUT2D eigenvalue weighted by Gasteiger charge is -2.36. The summed E-state index contributed by atoms with van der Waals surface area (Å²) in [5.41, 5.74) is -0.0231. The van der Waals surface area contributed by atoms with Gasteiger partial charge in [0.25, 0.3) is 0 Å². The molecule has 0 bridgehead atoms. The number of pyridine rings is 1. The summed E-state index contributed by atoms with van der Waals surface area (Å²) in [6.45, 7) is 7.20. The van der Waals surface area contributed by atoms with Gasteiger partial charge in [-0.1, -0.05) is 0 Å². The summed E-state index contributed by atoms with van der Waals surface area (Å²) in [5.74, 6) is -0.357. The van der Waals surface area contributed by atoms with E-state index < -0.39 is 11.7 Å². The normalized spacial score (nSPS) is 19.8. The number of nitrogens with one attached hydrogen (secondary N) is 1. The van der Waals surface area contributed by atoms with Gasteiger partial charge in [-0.25, -0.2) is 9.18 Å². The molecule has 0 radical (unpaired) electrons. The number of carbonyl (C=O) groups is 1. The van der Waals surface area contributed by atoms with Gasteiger partial charge in [0.1, 0.15) is 11.4 Å². The molecule has 1 aromatic rings. The van der Waals surface area contributed by atoms with E-state index in [2.05, 4.69) is 10.3 Å². The molecule has 1 amide bonds. The van der Waals surface area contributed by atoms with Crippen LogP contribution in [-0.4, -0.2) is 41.2 Å². The van der Waals surface area contributed by atoms with Crippen molar-refractivity contribution in [2.24, 2.45) is 0 Å². The zero-order valence-electron chi connectivity index (χ0n) is 12.0. The molecule has 0 aliphatic carbocycles. The number of hydrogen-bond donors (Lipinski definition) is 1. The molecule has 2 rings (SSSR count). The quantitative estimate of drug-likeness (QED) is 0.856. The molecule has 20 heavy (non-hydrogen) atoms. The SMILES string of the molecule is CC(C)(C)OC(=O)N1CCNCC1c1cc(F)ccn1. The number of aromatic nitrogens is 1. The molecule has 1 N–H and O–H groups in total. The van der Waals surface area contributed by atoms with E-state index in [-0.39, 0.29) is 11.9 Å². The Morgan fingerprint density at radius 1 is 1.55 bits per heavy atom. The second-order valence-corrected chi connectivity index (χ2v) is 5.79. The smallest absolute Gasteiger partial charge is 0.410 e. The molecule has 1 saturated heterocycles. The van der Waals surface area contributed by atoms with Crippen molar-refractivity contribution < 1.29 is 13.9 Å². The first kappa shape index (κ1) is 14.7. The maximum atomic E-state index is 13.3. The van der Waals surface area contributed by atoms with Crippen LogP contribution in [0.2, 0.25) is 0 Å². The molecule has 0 aromatic carbocycles.